The molecule has 2 saturated heterocycles. The quantitative estimate of drug-likeness (QED) is 0.765. The summed E-state index contributed by atoms with van der Waals surface area (Å²) in [7, 11) is 0. The van der Waals surface area contributed by atoms with Gasteiger partial charge in [0.15, 0.2) is 0 Å². The fraction of sp³-hybridized carbons (Fsp3) is 1.00. The second-order valence-electron chi connectivity index (χ2n) is 5.28. The molecule has 2 heterocycles. The van der Waals surface area contributed by atoms with Crippen molar-refractivity contribution in [1.82, 2.24) is 10.2 Å². The van der Waals surface area contributed by atoms with Crippen LogP contribution in [0.5, 0.6) is 0 Å². The first-order valence-corrected chi connectivity index (χ1v) is 6.84. The molecule has 2 rings (SSSR count). The van der Waals surface area contributed by atoms with Crippen molar-refractivity contribution in [2.24, 2.45) is 5.92 Å². The minimum Gasteiger partial charge on any atom is -0.314 e. The maximum absolute atomic E-state index is 3.59. The normalized spacial score (nSPS) is 29.8. The lowest BCUT2D eigenvalue weighted by molar-refractivity contribution is 0.175. The van der Waals surface area contributed by atoms with Gasteiger partial charge in [0.25, 0.3) is 0 Å². The van der Waals surface area contributed by atoms with E-state index < -0.39 is 0 Å². The minimum absolute atomic E-state index is 0.828. The summed E-state index contributed by atoms with van der Waals surface area (Å²) in [5.41, 5.74) is 0. The molecule has 2 aliphatic heterocycles. The van der Waals surface area contributed by atoms with Crippen molar-refractivity contribution in [2.45, 2.75) is 51.5 Å². The van der Waals surface area contributed by atoms with Gasteiger partial charge in [0.1, 0.15) is 0 Å². The van der Waals surface area contributed by atoms with E-state index in [1.54, 1.807) is 0 Å². The van der Waals surface area contributed by atoms with Crippen LogP contribution in [0.1, 0.15) is 45.4 Å². The third kappa shape index (κ3) is 3.46. The highest BCUT2D eigenvalue weighted by Gasteiger charge is 2.19. The molecule has 1 unspecified atom stereocenters. The average Bonchev–Trinajstić information content (AvgIpc) is 2.80. The molecular weight excluding hydrogens is 184 g/mol. The van der Waals surface area contributed by atoms with Crippen molar-refractivity contribution < 1.29 is 0 Å². The van der Waals surface area contributed by atoms with E-state index in [-0.39, 0.29) is 0 Å². The Hall–Kier alpha value is -0.0800. The number of hydrogen-bond acceptors (Lipinski definition) is 2. The van der Waals surface area contributed by atoms with E-state index in [0.717, 1.165) is 12.0 Å². The van der Waals surface area contributed by atoms with Crippen LogP contribution >= 0.6 is 0 Å². The zero-order chi connectivity index (χ0) is 10.5. The second kappa shape index (κ2) is 5.86. The van der Waals surface area contributed by atoms with Gasteiger partial charge in [-0.05, 0) is 64.2 Å². The maximum Gasteiger partial charge on any atom is 0.00797 e. The van der Waals surface area contributed by atoms with E-state index in [1.165, 1.54) is 64.7 Å². The fourth-order valence-electron chi connectivity index (χ4n) is 2.96. The van der Waals surface area contributed by atoms with Crippen molar-refractivity contribution >= 4 is 0 Å². The number of rotatable bonds is 4. The molecule has 1 N–H and O–H groups in total. The number of hydrogen-bond donors (Lipinski definition) is 1. The van der Waals surface area contributed by atoms with Crippen molar-refractivity contribution in [3.8, 4) is 0 Å². The van der Waals surface area contributed by atoms with Gasteiger partial charge in [-0.2, -0.15) is 0 Å². The Bertz CT molecular complexity index is 167. The van der Waals surface area contributed by atoms with E-state index >= 15 is 0 Å². The summed E-state index contributed by atoms with van der Waals surface area (Å²) in [6.45, 7) is 7.62. The summed E-state index contributed by atoms with van der Waals surface area (Å²) in [6, 6.07) is 0.828. The van der Waals surface area contributed by atoms with Gasteiger partial charge in [-0.1, -0.05) is 13.3 Å². The Morgan fingerprint density at radius 2 is 2.00 bits per heavy atom. The zero-order valence-corrected chi connectivity index (χ0v) is 10.2. The zero-order valence-electron chi connectivity index (χ0n) is 10.2. The van der Waals surface area contributed by atoms with Crippen molar-refractivity contribution in [2.75, 3.05) is 26.2 Å². The molecule has 0 aliphatic carbocycles. The van der Waals surface area contributed by atoms with Crippen LogP contribution in [-0.4, -0.2) is 37.1 Å². The van der Waals surface area contributed by atoms with Crippen LogP contribution in [0.2, 0.25) is 0 Å². The molecule has 2 aliphatic rings. The van der Waals surface area contributed by atoms with Gasteiger partial charge >= 0.3 is 0 Å². The SMILES string of the molecule is CCC1CCN(CCC2CCCN2)CC1. The first-order valence-electron chi connectivity index (χ1n) is 6.84. The van der Waals surface area contributed by atoms with Gasteiger partial charge in [0.05, 0.1) is 0 Å². The molecule has 0 bridgehead atoms. The standard InChI is InChI=1S/C13H26N2/c1-2-12-5-9-15(10-6-12)11-7-13-4-3-8-14-13/h12-14H,2-11H2,1H3. The monoisotopic (exact) mass is 210 g/mol. The van der Waals surface area contributed by atoms with Crippen LogP contribution in [0.4, 0.5) is 0 Å². The van der Waals surface area contributed by atoms with Crippen molar-refractivity contribution in [3.63, 3.8) is 0 Å². The van der Waals surface area contributed by atoms with E-state index in [0.29, 0.717) is 0 Å². The second-order valence-corrected chi connectivity index (χ2v) is 5.28. The van der Waals surface area contributed by atoms with Crippen molar-refractivity contribution in [1.29, 1.82) is 0 Å². The Labute approximate surface area is 94.4 Å². The summed E-state index contributed by atoms with van der Waals surface area (Å²) in [6.07, 6.45) is 8.44. The highest BCUT2D eigenvalue weighted by molar-refractivity contribution is 4.77. The topological polar surface area (TPSA) is 15.3 Å². The van der Waals surface area contributed by atoms with Gasteiger partial charge in [-0.25, -0.2) is 0 Å². The van der Waals surface area contributed by atoms with E-state index in [9.17, 15) is 0 Å². The van der Waals surface area contributed by atoms with Crippen LogP contribution in [-0.2, 0) is 0 Å². The van der Waals surface area contributed by atoms with Crippen LogP contribution in [0.15, 0.2) is 0 Å². The molecule has 15 heavy (non-hydrogen) atoms. The van der Waals surface area contributed by atoms with Crippen LogP contribution in [0.3, 0.4) is 0 Å². The first kappa shape index (κ1) is 11.4. The molecule has 0 aromatic heterocycles. The summed E-state index contributed by atoms with van der Waals surface area (Å²) >= 11 is 0. The molecule has 0 spiro atoms. The number of likely N-dealkylation sites (tertiary alicyclic amines) is 1. The van der Waals surface area contributed by atoms with Gasteiger partial charge in [0, 0.05) is 6.04 Å². The van der Waals surface area contributed by atoms with Gasteiger partial charge < -0.3 is 10.2 Å². The lowest BCUT2D eigenvalue weighted by Gasteiger charge is -2.32. The number of nitrogens with one attached hydrogen (secondary N) is 1. The molecule has 1 atom stereocenters. The minimum atomic E-state index is 0.828. The summed E-state index contributed by atoms with van der Waals surface area (Å²) < 4.78 is 0. The predicted octanol–water partition coefficient (Wildman–Crippen LogP) is 2.25. The number of piperidine rings is 1. The van der Waals surface area contributed by atoms with Crippen LogP contribution < -0.4 is 5.32 Å². The Balaban J connectivity index is 1.59. The van der Waals surface area contributed by atoms with Crippen molar-refractivity contribution in [3.05, 3.63) is 0 Å². The molecule has 2 heteroatoms. The maximum atomic E-state index is 3.59. The lowest BCUT2D eigenvalue weighted by atomic mass is 9.94. The van der Waals surface area contributed by atoms with Gasteiger partial charge in [-0.15, -0.1) is 0 Å². The molecule has 2 nitrogen and oxygen atoms in total. The van der Waals surface area contributed by atoms with E-state index in [4.69, 9.17) is 0 Å². The summed E-state index contributed by atoms with van der Waals surface area (Å²) in [4.78, 5) is 2.67. The molecule has 0 amide bonds. The van der Waals surface area contributed by atoms with Gasteiger partial charge in [-0.3, -0.25) is 0 Å². The van der Waals surface area contributed by atoms with Crippen LogP contribution in [0.25, 0.3) is 0 Å². The Morgan fingerprint density at radius 1 is 1.20 bits per heavy atom. The largest absolute Gasteiger partial charge is 0.314 e. The van der Waals surface area contributed by atoms with Gasteiger partial charge in [0.2, 0.25) is 0 Å². The summed E-state index contributed by atoms with van der Waals surface area (Å²) in [5, 5.41) is 3.59. The molecule has 88 valence electrons. The highest BCUT2D eigenvalue weighted by atomic mass is 15.1. The lowest BCUT2D eigenvalue weighted by Crippen LogP contribution is -2.36. The van der Waals surface area contributed by atoms with E-state index in [2.05, 4.69) is 17.1 Å². The third-order valence-electron chi connectivity index (χ3n) is 4.24. The third-order valence-corrected chi connectivity index (χ3v) is 4.24. The molecule has 2 fully saturated rings. The molecule has 0 aromatic rings. The van der Waals surface area contributed by atoms with E-state index in [1.807, 2.05) is 0 Å². The molecule has 0 radical (unpaired) electrons. The molecule has 0 saturated carbocycles. The Morgan fingerprint density at radius 3 is 2.60 bits per heavy atom. The smallest absolute Gasteiger partial charge is 0.00797 e. The molecule has 0 aromatic carbocycles. The summed E-state index contributed by atoms with van der Waals surface area (Å²) in [5.74, 6) is 1.02. The fourth-order valence-corrected chi connectivity index (χ4v) is 2.96. The molecular formula is C13H26N2. The predicted molar refractivity (Wildman–Crippen MR) is 65.1 cm³/mol. The first-order chi connectivity index (χ1) is 7.38. The van der Waals surface area contributed by atoms with Crippen LogP contribution in [0, 0.1) is 5.92 Å². The Kier molecular flexibility index (Phi) is 4.45. The highest BCUT2D eigenvalue weighted by Crippen LogP contribution is 2.20. The number of nitrogens with zero attached hydrogens (tertiary/aromatic N) is 1. The average molecular weight is 210 g/mol.